The lowest BCUT2D eigenvalue weighted by Crippen LogP contribution is -2.41. The molecule has 0 radical (unpaired) electrons. The monoisotopic (exact) mass is 866 g/mol. The largest absolute Gasteiger partial charge is 0.438 e. The number of hydrogen-bond acceptors (Lipinski definition) is 8. The highest BCUT2D eigenvalue weighted by Gasteiger charge is 2.59. The Bertz CT molecular complexity index is 3360. The van der Waals surface area contributed by atoms with E-state index in [9.17, 15) is 9.59 Å². The van der Waals surface area contributed by atoms with Crippen molar-refractivity contribution in [2.75, 3.05) is 19.8 Å². The highest BCUT2D eigenvalue weighted by molar-refractivity contribution is 6.00. The lowest BCUT2D eigenvalue weighted by Gasteiger charge is -2.34. The second-order valence-corrected chi connectivity index (χ2v) is 17.9. The van der Waals surface area contributed by atoms with Gasteiger partial charge < -0.3 is 14.2 Å². The molecule has 1 saturated carbocycles. The maximum absolute atomic E-state index is 16.2. The van der Waals surface area contributed by atoms with E-state index in [0.717, 1.165) is 35.7 Å². The summed E-state index contributed by atoms with van der Waals surface area (Å²) >= 11 is 0. The molecule has 15 nitrogen and oxygen atoms in total. The lowest BCUT2D eigenvalue weighted by atomic mass is 9.91. The van der Waals surface area contributed by atoms with Gasteiger partial charge in [0.2, 0.25) is 0 Å². The number of hydrogen-bond donors (Lipinski definition) is 1. The molecule has 3 aromatic carbocycles. The van der Waals surface area contributed by atoms with Crippen molar-refractivity contribution in [3.63, 3.8) is 0 Å². The topological polar surface area (TPSA) is 156 Å². The number of nitrogens with one attached hydrogen (secondary N) is 1. The SMILES string of the molecule is C[C@H]1c2c(nn(-c3ccc(F)c4c3CCC4)c2-n2ccn(-c3ccc4c(cnn4C)c3F)c2=O)CCN1C(=O)c1cc2cc(C3CCOCC3)ccc2n1[C@@]1(c2noc(=O)[nH]2)C[C@@H]1C. The van der Waals surface area contributed by atoms with Gasteiger partial charge in [0, 0.05) is 62.1 Å². The lowest BCUT2D eigenvalue weighted by molar-refractivity contribution is 0.0663. The first-order chi connectivity index (χ1) is 31.0. The Kier molecular flexibility index (Phi) is 8.52. The molecule has 3 atom stereocenters. The number of nitrogens with zero attached hydrogens (tertiary/aromatic N) is 9. The molecule has 0 spiro atoms. The van der Waals surface area contributed by atoms with Crippen molar-refractivity contribution in [2.45, 2.75) is 76.3 Å². The van der Waals surface area contributed by atoms with Crippen molar-refractivity contribution >= 4 is 27.7 Å². The van der Waals surface area contributed by atoms with Crippen LogP contribution in [0.4, 0.5) is 8.78 Å². The number of halogens is 2. The van der Waals surface area contributed by atoms with Crippen molar-refractivity contribution in [3.8, 4) is 17.2 Å². The number of H-pyrrole nitrogens is 1. The van der Waals surface area contributed by atoms with E-state index in [1.165, 1.54) is 33.2 Å². The second kappa shape index (κ2) is 14.1. The van der Waals surface area contributed by atoms with Gasteiger partial charge in [0.1, 0.15) is 22.9 Å². The number of aromatic nitrogens is 9. The molecule has 12 rings (SSSR count). The van der Waals surface area contributed by atoms with E-state index < -0.39 is 28.8 Å². The minimum Gasteiger partial charge on any atom is -0.381 e. The number of imidazole rings is 1. The van der Waals surface area contributed by atoms with E-state index in [2.05, 4.69) is 40.4 Å². The third-order valence-corrected chi connectivity index (χ3v) is 14.5. The van der Waals surface area contributed by atoms with Gasteiger partial charge in [-0.2, -0.15) is 10.2 Å². The molecule has 1 saturated heterocycles. The third kappa shape index (κ3) is 5.51. The van der Waals surface area contributed by atoms with Gasteiger partial charge >= 0.3 is 11.4 Å². The number of fused-ring (bicyclic) bond motifs is 4. The van der Waals surface area contributed by atoms with Crippen LogP contribution < -0.4 is 11.4 Å². The first-order valence-corrected chi connectivity index (χ1v) is 22.0. The molecule has 2 fully saturated rings. The van der Waals surface area contributed by atoms with E-state index in [0.29, 0.717) is 96.7 Å². The Hall–Kier alpha value is -6.88. The Labute approximate surface area is 363 Å². The van der Waals surface area contributed by atoms with E-state index in [4.69, 9.17) is 14.4 Å². The summed E-state index contributed by atoms with van der Waals surface area (Å²) in [5.74, 6) is -0.696. The number of aryl methyl sites for hydroxylation is 1. The summed E-state index contributed by atoms with van der Waals surface area (Å²) in [6.45, 7) is 5.70. The van der Waals surface area contributed by atoms with Crippen molar-refractivity contribution < 1.29 is 22.8 Å². The number of carbonyl (C=O) groups excluding carboxylic acids is 1. The highest BCUT2D eigenvalue weighted by Crippen LogP contribution is 2.56. The first kappa shape index (κ1) is 38.8. The number of rotatable bonds is 7. The molecule has 0 bridgehead atoms. The maximum Gasteiger partial charge on any atom is 0.438 e. The third-order valence-electron chi connectivity index (χ3n) is 14.5. The summed E-state index contributed by atoms with van der Waals surface area (Å²) in [7, 11) is 1.72. The zero-order valence-corrected chi connectivity index (χ0v) is 35.5. The normalized spacial score (nSPS) is 21.0. The van der Waals surface area contributed by atoms with Crippen LogP contribution in [0.1, 0.15) is 95.8 Å². The van der Waals surface area contributed by atoms with Crippen LogP contribution in [0.15, 0.2) is 81.2 Å². The van der Waals surface area contributed by atoms with Crippen molar-refractivity contribution in [1.29, 1.82) is 0 Å². The number of aromatic amines is 1. The van der Waals surface area contributed by atoms with Crippen LogP contribution in [0.3, 0.4) is 0 Å². The fourth-order valence-corrected chi connectivity index (χ4v) is 11.1. The van der Waals surface area contributed by atoms with E-state index >= 15 is 13.6 Å². The Morgan fingerprint density at radius 3 is 2.47 bits per heavy atom. The molecular formula is C47H44F2N10O5. The van der Waals surface area contributed by atoms with Gasteiger partial charge in [-0.3, -0.25) is 28.1 Å². The van der Waals surface area contributed by atoms with Gasteiger partial charge in [-0.1, -0.05) is 18.1 Å². The molecule has 2 aliphatic carbocycles. The fraction of sp³-hybridized carbons (Fsp3) is 0.362. The molecule has 1 N–H and O–H groups in total. The molecule has 0 unspecified atom stereocenters. The average molecular weight is 867 g/mol. The Morgan fingerprint density at radius 1 is 0.922 bits per heavy atom. The van der Waals surface area contributed by atoms with Gasteiger partial charge in [-0.05, 0) is 116 Å². The molecule has 5 aromatic heterocycles. The smallest absolute Gasteiger partial charge is 0.381 e. The second-order valence-electron chi connectivity index (χ2n) is 17.9. The fourth-order valence-electron chi connectivity index (χ4n) is 11.1. The minimum atomic E-state index is -0.841. The van der Waals surface area contributed by atoms with Gasteiger partial charge in [0.05, 0.1) is 40.2 Å². The Balaban J connectivity index is 1.01. The van der Waals surface area contributed by atoms with E-state index in [-0.39, 0.29) is 28.7 Å². The quantitative estimate of drug-likeness (QED) is 0.190. The maximum atomic E-state index is 16.2. The molecule has 1 amide bonds. The van der Waals surface area contributed by atoms with Crippen LogP contribution in [-0.4, -0.2) is 74.0 Å². The zero-order valence-electron chi connectivity index (χ0n) is 35.5. The van der Waals surface area contributed by atoms with Crippen LogP contribution in [-0.2, 0) is 36.6 Å². The van der Waals surface area contributed by atoms with Crippen molar-refractivity contribution in [2.24, 2.45) is 13.0 Å². The molecule has 2 aliphatic heterocycles. The molecule has 8 aromatic rings. The molecular weight excluding hydrogens is 823 g/mol. The van der Waals surface area contributed by atoms with Crippen LogP contribution in [0, 0.1) is 17.6 Å². The van der Waals surface area contributed by atoms with Gasteiger partial charge in [0.25, 0.3) is 5.91 Å². The predicted molar refractivity (Wildman–Crippen MR) is 231 cm³/mol. The van der Waals surface area contributed by atoms with Gasteiger partial charge in [0.15, 0.2) is 11.6 Å². The molecule has 4 aliphatic rings. The van der Waals surface area contributed by atoms with Gasteiger partial charge in [-0.15, -0.1) is 0 Å². The summed E-state index contributed by atoms with van der Waals surface area (Å²) in [5, 5.41) is 14.7. The average Bonchev–Trinajstić information content (AvgIpc) is 4.06. The number of amides is 1. The van der Waals surface area contributed by atoms with Crippen molar-refractivity contribution in [3.05, 3.63) is 139 Å². The van der Waals surface area contributed by atoms with Crippen molar-refractivity contribution in [1.82, 2.24) is 48.3 Å². The number of carbonyl (C=O) groups is 1. The molecule has 17 heteroatoms. The van der Waals surface area contributed by atoms with E-state index in [1.807, 2.05) is 17.6 Å². The minimum absolute atomic E-state index is 0.0119. The standard InChI is InChI=1S/C47H44F2N10O5/c1-25-23-47(25,44-51-45(61)64-53-44)58-35-9-7-28(27-14-19-63-20-15-27)21-29(35)22-39(58)43(60)55-16-13-34-40(26(55)2)42(59(52-34)37-10-8-33(48)30-5-4-6-31(30)37)57-18-17-56(46(57)62)38-12-11-36-32(41(38)49)24-50-54(36)3/h7-12,17-18,21-22,24-27H,4-6,13-16,19-20,23H2,1-3H3,(H,51,53,61)/t25-,26-,47-/m0/s1. The van der Waals surface area contributed by atoms with Crippen LogP contribution in [0.25, 0.3) is 39.0 Å². The van der Waals surface area contributed by atoms with Gasteiger partial charge in [-0.25, -0.2) is 23.1 Å². The molecule has 7 heterocycles. The zero-order chi connectivity index (χ0) is 43.8. The summed E-state index contributed by atoms with van der Waals surface area (Å²) in [4.78, 5) is 47.3. The summed E-state index contributed by atoms with van der Waals surface area (Å²) in [6.07, 6.45) is 9.34. The first-order valence-electron chi connectivity index (χ1n) is 22.0. The predicted octanol–water partition coefficient (Wildman–Crippen LogP) is 6.54. The molecule has 64 heavy (non-hydrogen) atoms. The summed E-state index contributed by atoms with van der Waals surface area (Å²) in [5.41, 5.74) is 5.14. The Morgan fingerprint density at radius 2 is 1.69 bits per heavy atom. The van der Waals surface area contributed by atoms with Crippen LogP contribution in [0.2, 0.25) is 0 Å². The number of ether oxygens (including phenoxy) is 1. The van der Waals surface area contributed by atoms with Crippen LogP contribution >= 0.6 is 0 Å². The van der Waals surface area contributed by atoms with E-state index in [1.54, 1.807) is 45.7 Å². The van der Waals surface area contributed by atoms with Crippen LogP contribution in [0.5, 0.6) is 0 Å². The molecule has 326 valence electrons. The summed E-state index contributed by atoms with van der Waals surface area (Å²) < 4.78 is 50.1. The number of benzene rings is 3. The highest BCUT2D eigenvalue weighted by atomic mass is 19.1. The summed E-state index contributed by atoms with van der Waals surface area (Å²) in [6, 6.07) is 14.1.